The second-order valence-electron chi connectivity index (χ2n) is 17.4. The van der Waals surface area contributed by atoms with Crippen LogP contribution in [0.15, 0.2) is 80.3 Å². The first-order valence-corrected chi connectivity index (χ1v) is 25.7. The molecule has 20 heteroatoms. The molecule has 0 atom stereocenters. The normalized spacial score (nSPS) is 17.0. The topological polar surface area (TPSA) is 288 Å². The van der Waals surface area contributed by atoms with E-state index in [1.807, 2.05) is 6.92 Å². The van der Waals surface area contributed by atoms with Gasteiger partial charge < -0.3 is 40.8 Å². The van der Waals surface area contributed by atoms with Crippen LogP contribution in [0.5, 0.6) is 0 Å². The number of aliphatic carboxylic acids is 2. The number of hydrogen-bond acceptors (Lipinski definition) is 10. The molecular weight excluding hydrogens is 889 g/mol. The summed E-state index contributed by atoms with van der Waals surface area (Å²) in [5.74, 6) is -1.30. The molecule has 6 aromatic rings. The molecule has 66 heavy (non-hydrogen) atoms. The molecule has 0 amide bonds. The van der Waals surface area contributed by atoms with Gasteiger partial charge in [-0.3, -0.25) is 19.2 Å². The van der Waals surface area contributed by atoms with Gasteiger partial charge in [0.1, 0.15) is 11.0 Å². The average molecular weight is 951 g/mol. The van der Waals surface area contributed by atoms with Crippen molar-refractivity contribution in [3.8, 4) is 0 Å². The first-order valence-electron chi connectivity index (χ1n) is 22.7. The first-order chi connectivity index (χ1) is 31.5. The van der Waals surface area contributed by atoms with E-state index in [-0.39, 0.29) is 33.0 Å². The Morgan fingerprint density at radius 1 is 0.652 bits per heavy atom. The van der Waals surface area contributed by atoms with Gasteiger partial charge in [0.2, 0.25) is 20.0 Å². The molecule has 0 bridgehead atoms. The second kappa shape index (κ2) is 22.4. The van der Waals surface area contributed by atoms with E-state index in [0.717, 1.165) is 96.8 Å². The molecule has 6 heterocycles. The summed E-state index contributed by atoms with van der Waals surface area (Å²) in [5, 5.41) is 26.2. The monoisotopic (exact) mass is 950 g/mol. The number of unbranched alkanes of at least 4 members (excludes halogenated alkanes) is 2. The van der Waals surface area contributed by atoms with E-state index in [0.29, 0.717) is 50.0 Å². The molecule has 2 saturated heterocycles. The number of aromatic amines is 4. The summed E-state index contributed by atoms with van der Waals surface area (Å²) < 4.78 is 56.3. The number of sulfonamides is 2. The second-order valence-corrected chi connectivity index (χ2v) is 20.9. The molecule has 358 valence electrons. The van der Waals surface area contributed by atoms with Gasteiger partial charge in [-0.1, -0.05) is 39.0 Å². The van der Waals surface area contributed by atoms with Crippen LogP contribution in [0.1, 0.15) is 97.3 Å². The van der Waals surface area contributed by atoms with Crippen LogP contribution in [0.25, 0.3) is 43.6 Å². The largest absolute Gasteiger partial charge is 0.481 e. The minimum absolute atomic E-state index is 0.0465. The number of piperidine rings is 2. The molecule has 0 unspecified atom stereocenters. The van der Waals surface area contributed by atoms with E-state index < -0.39 is 37.4 Å². The highest BCUT2D eigenvalue weighted by Crippen LogP contribution is 2.35. The van der Waals surface area contributed by atoms with Gasteiger partial charge in [-0.25, -0.2) is 26.3 Å². The fraction of sp³-hybridized carbons (Fsp3) is 0.478. The molecule has 10 N–H and O–H groups in total. The van der Waals surface area contributed by atoms with Gasteiger partial charge in [-0.05, 0) is 127 Å². The average Bonchev–Trinajstić information content (AvgIpc) is 4.01. The van der Waals surface area contributed by atoms with E-state index in [2.05, 4.69) is 46.9 Å². The highest BCUT2D eigenvalue weighted by molar-refractivity contribution is 7.89. The number of hydrogen-bond donors (Lipinski definition) is 10. The van der Waals surface area contributed by atoms with Crippen LogP contribution in [0.4, 0.5) is 0 Å². The number of nitrogens with one attached hydrogen (secondary N) is 8. The maximum Gasteiger partial charge on any atom is 0.309 e. The quantitative estimate of drug-likeness (QED) is 0.0693. The molecule has 1 saturated carbocycles. The minimum Gasteiger partial charge on any atom is -0.481 e. The van der Waals surface area contributed by atoms with Crippen LogP contribution in [0, 0.1) is 5.41 Å². The fourth-order valence-corrected chi connectivity index (χ4v) is 11.2. The highest BCUT2D eigenvalue weighted by Gasteiger charge is 2.34. The zero-order chi connectivity index (χ0) is 47.5. The lowest BCUT2D eigenvalue weighted by Gasteiger charge is -2.28. The molecule has 9 rings (SSSR count). The lowest BCUT2D eigenvalue weighted by Crippen LogP contribution is -2.42. The lowest BCUT2D eigenvalue weighted by molar-refractivity contribution is -0.149. The minimum atomic E-state index is -3.59. The van der Waals surface area contributed by atoms with E-state index in [1.54, 1.807) is 48.8 Å². The van der Waals surface area contributed by atoms with Crippen molar-refractivity contribution in [1.82, 2.24) is 40.0 Å². The van der Waals surface area contributed by atoms with Crippen LogP contribution in [-0.4, -0.2) is 97.2 Å². The van der Waals surface area contributed by atoms with Crippen LogP contribution in [-0.2, 0) is 29.6 Å². The molecule has 0 radical (unpaired) electrons. The van der Waals surface area contributed by atoms with Crippen LogP contribution < -0.4 is 31.2 Å². The number of benzene rings is 2. The molecule has 3 fully saturated rings. The zero-order valence-electron chi connectivity index (χ0n) is 37.4. The van der Waals surface area contributed by atoms with Gasteiger partial charge in [0.05, 0.1) is 15.2 Å². The Labute approximate surface area is 383 Å². The van der Waals surface area contributed by atoms with Gasteiger partial charge in [0.25, 0.3) is 11.1 Å². The Kier molecular flexibility index (Phi) is 17.0. The van der Waals surface area contributed by atoms with Crippen molar-refractivity contribution in [3.05, 3.63) is 81.6 Å². The predicted molar refractivity (Wildman–Crippen MR) is 256 cm³/mol. The molecule has 1 aliphatic carbocycles. The van der Waals surface area contributed by atoms with Crippen molar-refractivity contribution >= 4 is 75.6 Å². The maximum absolute atomic E-state index is 12.7. The van der Waals surface area contributed by atoms with Gasteiger partial charge in [0.15, 0.2) is 0 Å². The molecular formula is C46H62N8O10S2. The van der Waals surface area contributed by atoms with Gasteiger partial charge in [-0.2, -0.15) is 0 Å². The number of fused-ring (bicyclic) bond motifs is 6. The Morgan fingerprint density at radius 2 is 1.09 bits per heavy atom. The highest BCUT2D eigenvalue weighted by atomic mass is 32.2. The van der Waals surface area contributed by atoms with Crippen molar-refractivity contribution in [2.75, 3.05) is 26.2 Å². The van der Waals surface area contributed by atoms with E-state index >= 15 is 0 Å². The van der Waals surface area contributed by atoms with Crippen molar-refractivity contribution in [2.45, 2.75) is 119 Å². The third-order valence-corrected chi connectivity index (χ3v) is 15.5. The standard InChI is InChI=1S/2C16H18N4O3S.C8H14O2.C6H12O2/c2*21-16-15-12(5-8-18-15)13-9-11(1-2-14(13)19-16)24(22,23)20-10-3-6-17-7-4-10;1-8(7(9)10)5-3-2-4-6-8;1-2-3-4-5-6(7)8/h2*1-2,5,8-10,17-18,20H,3-4,6-7H2,(H,19,21);2-6H2,1H3,(H,9,10);2-5H2,1H3,(H,7,8). The summed E-state index contributed by atoms with van der Waals surface area (Å²) in [6, 6.07) is 13.0. The lowest BCUT2D eigenvalue weighted by atomic mass is 9.76. The van der Waals surface area contributed by atoms with Crippen LogP contribution in [0.2, 0.25) is 0 Å². The summed E-state index contributed by atoms with van der Waals surface area (Å²) in [5.41, 5.74) is 1.29. The Bertz CT molecular complexity index is 2790. The summed E-state index contributed by atoms with van der Waals surface area (Å²) in [6.45, 7) is 7.18. The van der Waals surface area contributed by atoms with E-state index in [9.17, 15) is 36.0 Å². The third-order valence-electron chi connectivity index (χ3n) is 12.4. The molecule has 2 aliphatic heterocycles. The van der Waals surface area contributed by atoms with Gasteiger partial charge in [-0.15, -0.1) is 0 Å². The zero-order valence-corrected chi connectivity index (χ0v) is 39.1. The van der Waals surface area contributed by atoms with Crippen molar-refractivity contribution in [3.63, 3.8) is 0 Å². The molecule has 3 aliphatic rings. The number of aromatic nitrogens is 4. The van der Waals surface area contributed by atoms with Crippen molar-refractivity contribution in [1.29, 1.82) is 0 Å². The molecule has 2 aromatic carbocycles. The van der Waals surface area contributed by atoms with Gasteiger partial charge in [0, 0.05) is 63.5 Å². The fourth-order valence-electron chi connectivity index (χ4n) is 8.50. The van der Waals surface area contributed by atoms with E-state index in [4.69, 9.17) is 10.2 Å². The van der Waals surface area contributed by atoms with Crippen LogP contribution in [0.3, 0.4) is 0 Å². The SMILES string of the molecule is CC1(C(=O)O)CCCCC1.CCCCCC(=O)O.O=c1[nH]c2ccc(S(=O)(=O)NC3CCNCC3)cc2c2cc[nH]c12.O=c1[nH]c2ccc(S(=O)(=O)NC3CCNCC3)cc2c2cc[nH]c12. The maximum atomic E-state index is 12.7. The molecule has 18 nitrogen and oxygen atoms in total. The number of pyridine rings is 2. The molecule has 0 spiro atoms. The molecule has 4 aromatic heterocycles. The third kappa shape index (κ3) is 12.7. The Balaban J connectivity index is 0.000000161. The number of carboxylic acid groups (broad SMARTS) is 2. The van der Waals surface area contributed by atoms with Gasteiger partial charge >= 0.3 is 11.9 Å². The Morgan fingerprint density at radius 3 is 1.47 bits per heavy atom. The number of rotatable bonds is 11. The summed E-state index contributed by atoms with van der Waals surface area (Å²) in [6.07, 6.45) is 14.9. The summed E-state index contributed by atoms with van der Waals surface area (Å²) in [7, 11) is -7.19. The first kappa shape index (κ1) is 50.0. The summed E-state index contributed by atoms with van der Waals surface area (Å²) in [4.78, 5) is 56.2. The number of carboxylic acids is 2. The summed E-state index contributed by atoms with van der Waals surface area (Å²) >= 11 is 0. The van der Waals surface area contributed by atoms with Crippen molar-refractivity contribution < 1.29 is 36.6 Å². The van der Waals surface area contributed by atoms with Crippen LogP contribution >= 0.6 is 0 Å². The predicted octanol–water partition coefficient (Wildman–Crippen LogP) is 5.77. The Hall–Kier alpha value is -5.38. The van der Waals surface area contributed by atoms with E-state index in [1.165, 1.54) is 18.6 Å². The van der Waals surface area contributed by atoms with Crippen molar-refractivity contribution in [2.24, 2.45) is 5.41 Å². The smallest absolute Gasteiger partial charge is 0.309 e. The number of carbonyl (C=O) groups is 2. The number of H-pyrrole nitrogens is 4.